The molecule has 0 spiro atoms. The maximum absolute atomic E-state index is 6.51. The van der Waals surface area contributed by atoms with E-state index in [1.807, 2.05) is 0 Å². The Morgan fingerprint density at radius 3 is 2.12 bits per heavy atom. The van der Waals surface area contributed by atoms with E-state index in [0.29, 0.717) is 11.8 Å². The molecule has 0 heterocycles. The van der Waals surface area contributed by atoms with E-state index in [9.17, 15) is 0 Å². The van der Waals surface area contributed by atoms with Crippen LogP contribution >= 0.6 is 17.0 Å². The standard InChI is InChI=1S/C22H25.2ClH.Zr/c1-14(2)18-8-6-7-9-20(18)22-19(15(3)4)11-10-17-12-16(5)13-21(17)22;;;/h6-15H,1-5H3;2*1H;/q;;;+2/p-2. The third-order valence-corrected chi connectivity index (χ3v) is 10.7. The van der Waals surface area contributed by atoms with Crippen LogP contribution < -0.4 is 0 Å². The molecule has 0 aromatic heterocycles. The minimum atomic E-state index is -2.41. The van der Waals surface area contributed by atoms with Crippen LogP contribution in [0.4, 0.5) is 0 Å². The van der Waals surface area contributed by atoms with Gasteiger partial charge < -0.3 is 0 Å². The molecule has 1 atom stereocenters. The summed E-state index contributed by atoms with van der Waals surface area (Å²) in [5.41, 5.74) is 9.58. The quantitative estimate of drug-likeness (QED) is 0.442. The normalized spacial score (nSPS) is 16.4. The van der Waals surface area contributed by atoms with Crippen LogP contribution in [0.2, 0.25) is 0 Å². The number of benzene rings is 2. The van der Waals surface area contributed by atoms with Crippen LogP contribution in [-0.4, -0.2) is 0 Å². The fraction of sp³-hybridized carbons (Fsp3) is 0.364. The van der Waals surface area contributed by atoms with Crippen LogP contribution in [0.3, 0.4) is 0 Å². The van der Waals surface area contributed by atoms with E-state index >= 15 is 0 Å². The van der Waals surface area contributed by atoms with E-state index < -0.39 is 19.4 Å². The Balaban J connectivity index is 2.34. The summed E-state index contributed by atoms with van der Waals surface area (Å²) in [6.45, 7) is 11.3. The molecule has 3 heteroatoms. The summed E-state index contributed by atoms with van der Waals surface area (Å²) in [7, 11) is 13.0. The average Bonchev–Trinajstić information content (AvgIpc) is 2.89. The second kappa shape index (κ2) is 7.71. The number of hydrogen-bond donors (Lipinski definition) is 0. The molecule has 25 heavy (non-hydrogen) atoms. The topological polar surface area (TPSA) is 0 Å². The average molecular weight is 452 g/mol. The molecule has 2 aromatic rings. The van der Waals surface area contributed by atoms with Gasteiger partial charge in [-0.15, -0.1) is 0 Å². The van der Waals surface area contributed by atoms with Crippen molar-refractivity contribution >= 4 is 23.1 Å². The molecule has 0 fully saturated rings. The Morgan fingerprint density at radius 2 is 1.52 bits per heavy atom. The molecule has 3 rings (SSSR count). The van der Waals surface area contributed by atoms with Crippen LogP contribution in [0.1, 0.15) is 72.3 Å². The van der Waals surface area contributed by atoms with Gasteiger partial charge in [0.15, 0.2) is 0 Å². The SMILES string of the molecule is CC1=Cc2c(ccc(C(C)C)c2-c2ccccc2C(C)C)[CH]1[Zr]([Cl])[Cl]. The van der Waals surface area contributed by atoms with Gasteiger partial charge in [-0.3, -0.25) is 0 Å². The van der Waals surface area contributed by atoms with Crippen molar-refractivity contribution in [3.63, 3.8) is 0 Å². The van der Waals surface area contributed by atoms with Crippen LogP contribution in [0, 0.1) is 0 Å². The maximum atomic E-state index is 6.51. The van der Waals surface area contributed by atoms with Crippen LogP contribution in [0.25, 0.3) is 17.2 Å². The van der Waals surface area contributed by atoms with Crippen molar-refractivity contribution in [3.05, 3.63) is 64.2 Å². The number of rotatable bonds is 4. The van der Waals surface area contributed by atoms with Crippen molar-refractivity contribution in [2.45, 2.75) is 50.1 Å². The van der Waals surface area contributed by atoms with Gasteiger partial charge in [-0.1, -0.05) is 0 Å². The molecule has 0 N–H and O–H groups in total. The molecule has 0 amide bonds. The number of hydrogen-bond acceptors (Lipinski definition) is 0. The summed E-state index contributed by atoms with van der Waals surface area (Å²) in [5.74, 6) is 0.958. The van der Waals surface area contributed by atoms with E-state index in [4.69, 9.17) is 17.0 Å². The predicted molar refractivity (Wildman–Crippen MR) is 108 cm³/mol. The first kappa shape index (κ1) is 19.4. The second-order valence-corrected chi connectivity index (χ2v) is 16.3. The minimum absolute atomic E-state index is 0.284. The van der Waals surface area contributed by atoms with E-state index in [2.05, 4.69) is 77.1 Å². The van der Waals surface area contributed by atoms with E-state index in [0.717, 1.165) is 0 Å². The van der Waals surface area contributed by atoms with Gasteiger partial charge in [0, 0.05) is 0 Å². The summed E-state index contributed by atoms with van der Waals surface area (Å²) in [4.78, 5) is 0. The van der Waals surface area contributed by atoms with Crippen LogP contribution in [0.15, 0.2) is 42.0 Å². The molecular formula is C22H25Cl2Zr. The summed E-state index contributed by atoms with van der Waals surface area (Å²) in [5, 5.41) is 0. The monoisotopic (exact) mass is 449 g/mol. The first-order valence-corrected chi connectivity index (χ1v) is 16.7. The van der Waals surface area contributed by atoms with Gasteiger partial charge in [0.1, 0.15) is 0 Å². The Hall–Kier alpha value is -0.357. The zero-order chi connectivity index (χ0) is 18.3. The van der Waals surface area contributed by atoms with Crippen LogP contribution in [0.5, 0.6) is 0 Å². The Labute approximate surface area is 167 Å². The molecule has 1 aliphatic rings. The number of allylic oxidation sites excluding steroid dienone is 1. The molecule has 0 radical (unpaired) electrons. The number of halogens is 2. The van der Waals surface area contributed by atoms with Crippen molar-refractivity contribution in [1.82, 2.24) is 0 Å². The predicted octanol–water partition coefficient (Wildman–Crippen LogP) is 7.98. The molecule has 0 aliphatic heterocycles. The summed E-state index contributed by atoms with van der Waals surface area (Å²) < 4.78 is 0.284. The fourth-order valence-corrected chi connectivity index (χ4v) is 9.59. The summed E-state index contributed by atoms with van der Waals surface area (Å²) in [6, 6.07) is 13.4. The van der Waals surface area contributed by atoms with Gasteiger partial charge >= 0.3 is 168 Å². The molecule has 0 nitrogen and oxygen atoms in total. The van der Waals surface area contributed by atoms with Gasteiger partial charge in [0.25, 0.3) is 0 Å². The van der Waals surface area contributed by atoms with E-state index in [1.165, 1.54) is 39.0 Å². The van der Waals surface area contributed by atoms with Gasteiger partial charge in [-0.25, -0.2) is 0 Å². The van der Waals surface area contributed by atoms with Crippen molar-refractivity contribution in [2.75, 3.05) is 0 Å². The Bertz CT molecular complexity index is 819. The zero-order valence-corrected chi connectivity index (χ0v) is 19.5. The Morgan fingerprint density at radius 1 is 0.880 bits per heavy atom. The van der Waals surface area contributed by atoms with Gasteiger partial charge in [0.2, 0.25) is 0 Å². The molecule has 2 aromatic carbocycles. The molecular weight excluding hydrogens is 426 g/mol. The second-order valence-electron chi connectivity index (χ2n) is 7.54. The molecule has 131 valence electrons. The molecule has 0 saturated carbocycles. The first-order chi connectivity index (χ1) is 11.8. The molecule has 0 bridgehead atoms. The van der Waals surface area contributed by atoms with E-state index in [-0.39, 0.29) is 3.63 Å². The van der Waals surface area contributed by atoms with Gasteiger partial charge in [-0.05, 0) is 0 Å². The molecule has 1 aliphatic carbocycles. The van der Waals surface area contributed by atoms with Gasteiger partial charge in [0.05, 0.1) is 0 Å². The fourth-order valence-electron chi connectivity index (χ4n) is 3.92. The van der Waals surface area contributed by atoms with Crippen LogP contribution in [-0.2, 0) is 19.4 Å². The molecule has 1 unspecified atom stereocenters. The van der Waals surface area contributed by atoms with E-state index in [1.54, 1.807) is 0 Å². The third kappa shape index (κ3) is 3.58. The van der Waals surface area contributed by atoms with Crippen molar-refractivity contribution in [3.8, 4) is 11.1 Å². The zero-order valence-electron chi connectivity index (χ0n) is 15.5. The van der Waals surface area contributed by atoms with Gasteiger partial charge in [-0.2, -0.15) is 0 Å². The number of fused-ring (bicyclic) bond motifs is 1. The first-order valence-electron chi connectivity index (χ1n) is 8.95. The van der Waals surface area contributed by atoms with Crippen molar-refractivity contribution < 1.29 is 19.4 Å². The molecule has 0 saturated heterocycles. The van der Waals surface area contributed by atoms with Crippen molar-refractivity contribution in [2.24, 2.45) is 0 Å². The summed E-state index contributed by atoms with van der Waals surface area (Å²) >= 11 is -2.41. The Kier molecular flexibility index (Phi) is 5.99. The summed E-state index contributed by atoms with van der Waals surface area (Å²) in [6.07, 6.45) is 2.34. The van der Waals surface area contributed by atoms with Crippen molar-refractivity contribution in [1.29, 1.82) is 0 Å². The third-order valence-electron chi connectivity index (χ3n) is 5.14.